The summed E-state index contributed by atoms with van der Waals surface area (Å²) in [5.74, 6) is 1.56. The smallest absolute Gasteiger partial charge is 0.243 e. The molecule has 2 heterocycles. The van der Waals surface area contributed by atoms with Crippen molar-refractivity contribution >= 4 is 51.8 Å². The van der Waals surface area contributed by atoms with Gasteiger partial charge in [0.15, 0.2) is 0 Å². The van der Waals surface area contributed by atoms with Crippen LogP contribution in [0.1, 0.15) is 32.2 Å². The molecule has 2 rings (SSSR count). The number of rotatable bonds is 6. The molecule has 1 aromatic rings. The first kappa shape index (κ1) is 18.5. The minimum Gasteiger partial charge on any atom is -0.351 e. The number of carbonyl (C=O) groups excluding carboxylic acids is 2. The van der Waals surface area contributed by atoms with Crippen LogP contribution in [-0.2, 0) is 16.0 Å². The molecule has 2 unspecified atom stereocenters. The number of thioether (sulfide) groups is 2. The molecule has 128 valence electrons. The Hall–Kier alpha value is -0.800. The van der Waals surface area contributed by atoms with E-state index in [2.05, 4.69) is 20.8 Å². The lowest BCUT2D eigenvalue weighted by Crippen LogP contribution is -2.44. The number of hydrogen-bond acceptors (Lipinski definition) is 7. The Labute approximate surface area is 149 Å². The molecule has 23 heavy (non-hydrogen) atoms. The molecule has 2 N–H and O–H groups in total. The molecule has 0 saturated carbocycles. The number of aryl methyl sites for hydroxylation is 1. The van der Waals surface area contributed by atoms with Gasteiger partial charge in [-0.2, -0.15) is 0 Å². The zero-order valence-electron chi connectivity index (χ0n) is 13.5. The van der Waals surface area contributed by atoms with E-state index in [9.17, 15) is 9.59 Å². The van der Waals surface area contributed by atoms with E-state index in [1.807, 2.05) is 20.8 Å². The number of aromatic nitrogens is 2. The Bertz CT molecular complexity index is 546. The van der Waals surface area contributed by atoms with Gasteiger partial charge in [0.05, 0.1) is 5.92 Å². The minimum absolute atomic E-state index is 0.0102. The highest BCUT2D eigenvalue weighted by molar-refractivity contribution is 8.18. The molecule has 2 atom stereocenters. The fourth-order valence-corrected chi connectivity index (χ4v) is 5.27. The summed E-state index contributed by atoms with van der Waals surface area (Å²) in [6, 6.07) is -0.232. The van der Waals surface area contributed by atoms with Crippen molar-refractivity contribution in [1.29, 1.82) is 0 Å². The summed E-state index contributed by atoms with van der Waals surface area (Å²) in [6.45, 7) is 5.66. The van der Waals surface area contributed by atoms with E-state index in [-0.39, 0.29) is 28.4 Å². The monoisotopic (exact) mass is 374 g/mol. The van der Waals surface area contributed by atoms with Gasteiger partial charge in [-0.3, -0.25) is 9.59 Å². The Morgan fingerprint density at radius 3 is 2.57 bits per heavy atom. The van der Waals surface area contributed by atoms with Crippen molar-refractivity contribution < 1.29 is 9.59 Å². The lowest BCUT2D eigenvalue weighted by Gasteiger charge is -2.25. The predicted octanol–water partition coefficient (Wildman–Crippen LogP) is 2.38. The van der Waals surface area contributed by atoms with Gasteiger partial charge in [0.1, 0.15) is 9.59 Å². The van der Waals surface area contributed by atoms with Crippen LogP contribution in [0.3, 0.4) is 0 Å². The van der Waals surface area contributed by atoms with E-state index in [4.69, 9.17) is 0 Å². The average Bonchev–Trinajstić information content (AvgIpc) is 3.02. The van der Waals surface area contributed by atoms with Gasteiger partial charge in [-0.1, -0.05) is 25.2 Å². The van der Waals surface area contributed by atoms with Crippen molar-refractivity contribution in [2.45, 2.75) is 44.2 Å². The third-order valence-electron chi connectivity index (χ3n) is 3.57. The highest BCUT2D eigenvalue weighted by Crippen LogP contribution is 2.30. The highest BCUT2D eigenvalue weighted by Gasteiger charge is 2.27. The number of amides is 2. The zero-order valence-corrected chi connectivity index (χ0v) is 15.9. The van der Waals surface area contributed by atoms with Crippen molar-refractivity contribution in [2.24, 2.45) is 5.92 Å². The first-order valence-corrected chi connectivity index (χ1v) is 10.6. The lowest BCUT2D eigenvalue weighted by molar-refractivity contribution is -0.122. The number of nitrogens with zero attached hydrogens (tertiary/aromatic N) is 2. The van der Waals surface area contributed by atoms with Crippen LogP contribution in [0.5, 0.6) is 0 Å². The maximum Gasteiger partial charge on any atom is 0.243 e. The summed E-state index contributed by atoms with van der Waals surface area (Å²) in [6.07, 6.45) is 1.95. The van der Waals surface area contributed by atoms with Gasteiger partial charge >= 0.3 is 0 Å². The fraction of sp³-hybridized carbons (Fsp3) is 0.714. The van der Waals surface area contributed by atoms with Crippen LogP contribution in [0, 0.1) is 5.92 Å². The maximum atomic E-state index is 12.3. The Kier molecular flexibility index (Phi) is 7.16. The van der Waals surface area contributed by atoms with E-state index in [1.165, 1.54) is 11.3 Å². The normalized spacial score (nSPS) is 18.2. The molecule has 0 spiro atoms. The van der Waals surface area contributed by atoms with Crippen LogP contribution in [0.25, 0.3) is 0 Å². The molecular weight excluding hydrogens is 352 g/mol. The van der Waals surface area contributed by atoms with Gasteiger partial charge in [0.2, 0.25) is 16.9 Å². The van der Waals surface area contributed by atoms with Crippen molar-refractivity contribution in [3.63, 3.8) is 0 Å². The van der Waals surface area contributed by atoms with E-state index in [0.717, 1.165) is 29.4 Å². The SMILES string of the molecule is CCc1nnc(NC(=O)C(C)C(C)NC(=O)C2SCCCS2)s1. The molecule has 0 aliphatic carbocycles. The molecule has 0 bridgehead atoms. The van der Waals surface area contributed by atoms with Crippen LogP contribution in [0.15, 0.2) is 0 Å². The molecule has 1 aliphatic heterocycles. The lowest BCUT2D eigenvalue weighted by atomic mass is 10.0. The summed E-state index contributed by atoms with van der Waals surface area (Å²) >= 11 is 4.73. The maximum absolute atomic E-state index is 12.3. The van der Waals surface area contributed by atoms with Gasteiger partial charge in [0.25, 0.3) is 0 Å². The molecule has 9 heteroatoms. The second-order valence-electron chi connectivity index (χ2n) is 5.36. The van der Waals surface area contributed by atoms with E-state index < -0.39 is 0 Å². The second-order valence-corrected chi connectivity index (χ2v) is 9.14. The van der Waals surface area contributed by atoms with Crippen molar-refractivity contribution in [3.8, 4) is 0 Å². The average molecular weight is 375 g/mol. The molecule has 0 aromatic carbocycles. The zero-order chi connectivity index (χ0) is 16.8. The van der Waals surface area contributed by atoms with Crippen LogP contribution in [0.2, 0.25) is 0 Å². The molecule has 2 amide bonds. The molecule has 1 fully saturated rings. The van der Waals surface area contributed by atoms with Crippen molar-refractivity contribution in [2.75, 3.05) is 16.8 Å². The van der Waals surface area contributed by atoms with E-state index in [1.54, 1.807) is 23.5 Å². The van der Waals surface area contributed by atoms with Gasteiger partial charge < -0.3 is 10.6 Å². The van der Waals surface area contributed by atoms with Crippen molar-refractivity contribution in [3.05, 3.63) is 5.01 Å². The molecule has 1 aromatic heterocycles. The molecule has 6 nitrogen and oxygen atoms in total. The largest absolute Gasteiger partial charge is 0.351 e. The molecular formula is C14H22N4O2S3. The predicted molar refractivity (Wildman–Crippen MR) is 98.0 cm³/mol. The Morgan fingerprint density at radius 2 is 1.96 bits per heavy atom. The Balaban J connectivity index is 1.83. The van der Waals surface area contributed by atoms with Gasteiger partial charge in [-0.05, 0) is 31.3 Å². The summed E-state index contributed by atoms with van der Waals surface area (Å²) in [7, 11) is 0. The van der Waals surface area contributed by atoms with Crippen LogP contribution in [0.4, 0.5) is 5.13 Å². The van der Waals surface area contributed by atoms with Gasteiger partial charge in [-0.25, -0.2) is 0 Å². The van der Waals surface area contributed by atoms with Crippen molar-refractivity contribution in [1.82, 2.24) is 15.5 Å². The number of anilines is 1. The topological polar surface area (TPSA) is 84.0 Å². The number of hydrogen-bond donors (Lipinski definition) is 2. The minimum atomic E-state index is -0.341. The van der Waals surface area contributed by atoms with Gasteiger partial charge in [-0.15, -0.1) is 33.7 Å². The summed E-state index contributed by atoms with van der Waals surface area (Å²) in [4.78, 5) is 24.5. The molecule has 1 aliphatic rings. The highest BCUT2D eigenvalue weighted by atomic mass is 32.2. The number of carbonyl (C=O) groups is 2. The van der Waals surface area contributed by atoms with Crippen LogP contribution < -0.4 is 10.6 Å². The first-order chi connectivity index (χ1) is 11.0. The third-order valence-corrected chi connectivity index (χ3v) is 7.46. The van der Waals surface area contributed by atoms with Crippen LogP contribution >= 0.6 is 34.9 Å². The van der Waals surface area contributed by atoms with Gasteiger partial charge in [0, 0.05) is 6.04 Å². The molecule has 0 radical (unpaired) electrons. The standard InChI is InChI=1S/C14H22N4O2S3/c1-4-10-17-18-14(23-10)16-11(19)8(2)9(3)15-12(20)13-21-6-5-7-22-13/h8-9,13H,4-7H2,1-3H3,(H,15,20)(H,16,18,19). The van der Waals surface area contributed by atoms with Crippen LogP contribution in [-0.4, -0.2) is 44.1 Å². The Morgan fingerprint density at radius 1 is 1.26 bits per heavy atom. The number of nitrogens with one attached hydrogen (secondary N) is 2. The second kappa shape index (κ2) is 8.89. The summed E-state index contributed by atoms with van der Waals surface area (Å²) in [5.41, 5.74) is 0. The first-order valence-electron chi connectivity index (χ1n) is 7.68. The summed E-state index contributed by atoms with van der Waals surface area (Å²) < 4.78 is -0.0586. The third kappa shape index (κ3) is 5.36. The van der Waals surface area contributed by atoms with E-state index >= 15 is 0 Å². The van der Waals surface area contributed by atoms with E-state index in [0.29, 0.717) is 5.13 Å². The molecule has 1 saturated heterocycles. The fourth-order valence-electron chi connectivity index (χ4n) is 1.95. The quantitative estimate of drug-likeness (QED) is 0.795. The summed E-state index contributed by atoms with van der Waals surface area (Å²) in [5, 5.41) is 15.1.